The predicted octanol–water partition coefficient (Wildman–Crippen LogP) is 2.83. The highest BCUT2D eigenvalue weighted by Gasteiger charge is 2.22. The van der Waals surface area contributed by atoms with Gasteiger partial charge in [-0.3, -0.25) is 0 Å². The van der Waals surface area contributed by atoms with Crippen molar-refractivity contribution in [3.8, 4) is 10.6 Å². The molecule has 84 valence electrons. The molecule has 0 unspecified atom stereocenters. The molecule has 0 bridgehead atoms. The number of thiazole rings is 1. The lowest BCUT2D eigenvalue weighted by Gasteiger charge is -2.12. The van der Waals surface area contributed by atoms with E-state index < -0.39 is 0 Å². The lowest BCUT2D eigenvalue weighted by atomic mass is 10.1. The number of aryl methyl sites for hydroxylation is 1. The Kier molecular flexibility index (Phi) is 2.46. The van der Waals surface area contributed by atoms with Crippen molar-refractivity contribution in [2.24, 2.45) is 0 Å². The maximum absolute atomic E-state index is 6.09. The highest BCUT2D eigenvalue weighted by atomic mass is 32.1. The van der Waals surface area contributed by atoms with Gasteiger partial charge in [0.15, 0.2) is 0 Å². The Morgan fingerprint density at radius 1 is 1.50 bits per heavy atom. The van der Waals surface area contributed by atoms with E-state index in [1.807, 2.05) is 6.92 Å². The summed E-state index contributed by atoms with van der Waals surface area (Å²) in [7, 11) is 0. The summed E-state index contributed by atoms with van der Waals surface area (Å²) < 4.78 is 5.44. The molecule has 0 amide bonds. The van der Waals surface area contributed by atoms with Gasteiger partial charge in [0.25, 0.3) is 0 Å². The van der Waals surface area contributed by atoms with E-state index in [0.29, 0.717) is 6.61 Å². The van der Waals surface area contributed by atoms with Crippen LogP contribution in [0.4, 0.5) is 5.00 Å². The summed E-state index contributed by atoms with van der Waals surface area (Å²) in [5.41, 5.74) is 9.66. The summed E-state index contributed by atoms with van der Waals surface area (Å²) in [5, 5.41) is 4.00. The summed E-state index contributed by atoms with van der Waals surface area (Å²) in [6, 6.07) is 0. The minimum absolute atomic E-state index is 0.703. The Bertz CT molecular complexity index is 530. The molecule has 3 nitrogen and oxygen atoms in total. The van der Waals surface area contributed by atoms with Gasteiger partial charge < -0.3 is 10.5 Å². The molecule has 2 aromatic heterocycles. The summed E-state index contributed by atoms with van der Waals surface area (Å²) in [5.74, 6) is 0. The van der Waals surface area contributed by atoms with E-state index in [2.05, 4.69) is 10.4 Å². The van der Waals surface area contributed by atoms with Crippen molar-refractivity contribution in [1.29, 1.82) is 0 Å². The second kappa shape index (κ2) is 3.84. The third kappa shape index (κ3) is 1.55. The minimum Gasteiger partial charge on any atom is -0.390 e. The highest BCUT2D eigenvalue weighted by Crippen LogP contribution is 2.42. The fourth-order valence-electron chi connectivity index (χ4n) is 1.96. The molecule has 0 atom stereocenters. The Morgan fingerprint density at radius 2 is 2.38 bits per heavy atom. The lowest BCUT2D eigenvalue weighted by molar-refractivity contribution is 0.114. The molecule has 1 aliphatic heterocycles. The van der Waals surface area contributed by atoms with Gasteiger partial charge in [0.1, 0.15) is 5.01 Å². The monoisotopic (exact) mass is 252 g/mol. The maximum atomic E-state index is 6.09. The molecule has 0 spiro atoms. The third-order valence-electron chi connectivity index (χ3n) is 2.68. The van der Waals surface area contributed by atoms with Crippen LogP contribution in [0.5, 0.6) is 0 Å². The van der Waals surface area contributed by atoms with Crippen molar-refractivity contribution in [2.45, 2.75) is 20.0 Å². The van der Waals surface area contributed by atoms with Gasteiger partial charge in [0, 0.05) is 21.5 Å². The van der Waals surface area contributed by atoms with Crippen LogP contribution in [0.25, 0.3) is 10.6 Å². The number of hydrogen-bond acceptors (Lipinski definition) is 5. The molecule has 5 heteroatoms. The zero-order valence-electron chi connectivity index (χ0n) is 8.95. The number of nitrogens with zero attached hydrogens (tertiary/aromatic N) is 1. The summed E-state index contributed by atoms with van der Waals surface area (Å²) in [6.07, 6.45) is 0.955. The van der Waals surface area contributed by atoms with Gasteiger partial charge >= 0.3 is 0 Å². The van der Waals surface area contributed by atoms with Gasteiger partial charge in [-0.05, 0) is 18.9 Å². The van der Waals surface area contributed by atoms with Gasteiger partial charge in [-0.25, -0.2) is 4.98 Å². The van der Waals surface area contributed by atoms with Crippen molar-refractivity contribution in [1.82, 2.24) is 4.98 Å². The van der Waals surface area contributed by atoms with E-state index in [4.69, 9.17) is 10.5 Å². The molecule has 3 heterocycles. The van der Waals surface area contributed by atoms with Gasteiger partial charge in [-0.2, -0.15) is 0 Å². The summed E-state index contributed by atoms with van der Waals surface area (Å²) >= 11 is 3.31. The number of hydrogen-bond donors (Lipinski definition) is 1. The standard InChI is InChI=1S/C11H12N2OS2/c1-6-5-15-11(13-6)9-7-2-3-14-4-8(7)16-10(9)12/h5H,2-4,12H2,1H3. The number of nitrogen functional groups attached to an aromatic ring is 1. The molecule has 3 rings (SSSR count). The number of nitrogens with two attached hydrogens (primary N) is 1. The normalized spacial score (nSPS) is 15.1. The van der Waals surface area contributed by atoms with Crippen LogP contribution < -0.4 is 5.73 Å². The minimum atomic E-state index is 0.703. The zero-order valence-corrected chi connectivity index (χ0v) is 10.6. The Labute approximate surface area is 102 Å². The molecule has 0 saturated heterocycles. The number of thiophene rings is 1. The first-order chi connectivity index (χ1) is 7.75. The van der Waals surface area contributed by atoms with Gasteiger partial charge in [-0.1, -0.05) is 0 Å². The van der Waals surface area contributed by atoms with Crippen LogP contribution in [-0.4, -0.2) is 11.6 Å². The van der Waals surface area contributed by atoms with Crippen molar-refractivity contribution in [3.63, 3.8) is 0 Å². The molecular weight excluding hydrogens is 240 g/mol. The predicted molar refractivity (Wildman–Crippen MR) is 67.9 cm³/mol. The van der Waals surface area contributed by atoms with Crippen molar-refractivity contribution < 1.29 is 4.74 Å². The first-order valence-corrected chi connectivity index (χ1v) is 6.85. The average Bonchev–Trinajstić information content (AvgIpc) is 2.80. The molecule has 2 N–H and O–H groups in total. The summed E-state index contributed by atoms with van der Waals surface area (Å²) in [4.78, 5) is 5.80. The van der Waals surface area contributed by atoms with E-state index in [0.717, 1.165) is 34.3 Å². The van der Waals surface area contributed by atoms with Crippen LogP contribution in [0.3, 0.4) is 0 Å². The molecule has 16 heavy (non-hydrogen) atoms. The van der Waals surface area contributed by atoms with E-state index in [1.165, 1.54) is 10.4 Å². The molecule has 0 saturated carbocycles. The number of ether oxygens (including phenoxy) is 1. The number of fused-ring (bicyclic) bond motifs is 1. The van der Waals surface area contributed by atoms with Crippen LogP contribution in [0.15, 0.2) is 5.38 Å². The topological polar surface area (TPSA) is 48.1 Å². The van der Waals surface area contributed by atoms with Gasteiger partial charge in [0.05, 0.1) is 18.2 Å². The number of anilines is 1. The second-order valence-electron chi connectivity index (χ2n) is 3.84. The molecule has 2 aromatic rings. The lowest BCUT2D eigenvalue weighted by Crippen LogP contribution is -2.07. The third-order valence-corrected chi connectivity index (χ3v) is 4.69. The molecule has 0 aromatic carbocycles. The van der Waals surface area contributed by atoms with Crippen molar-refractivity contribution >= 4 is 27.7 Å². The van der Waals surface area contributed by atoms with Gasteiger partial charge in [0.2, 0.25) is 0 Å². The number of rotatable bonds is 1. The quantitative estimate of drug-likeness (QED) is 0.849. The average molecular weight is 252 g/mol. The van der Waals surface area contributed by atoms with Gasteiger partial charge in [-0.15, -0.1) is 22.7 Å². The van der Waals surface area contributed by atoms with Crippen LogP contribution in [0.1, 0.15) is 16.1 Å². The zero-order chi connectivity index (χ0) is 11.1. The SMILES string of the molecule is Cc1csc(-c2c(N)sc3c2CCOC3)n1. The fourth-order valence-corrected chi connectivity index (χ4v) is 3.96. The Morgan fingerprint density at radius 3 is 3.12 bits per heavy atom. The van der Waals surface area contributed by atoms with E-state index in [9.17, 15) is 0 Å². The van der Waals surface area contributed by atoms with Crippen LogP contribution in [-0.2, 0) is 17.8 Å². The second-order valence-corrected chi connectivity index (χ2v) is 5.83. The first kappa shape index (κ1) is 10.3. The van der Waals surface area contributed by atoms with E-state index in [-0.39, 0.29) is 0 Å². The highest BCUT2D eigenvalue weighted by molar-refractivity contribution is 7.18. The molecular formula is C11H12N2OS2. The van der Waals surface area contributed by atoms with Crippen LogP contribution >= 0.6 is 22.7 Å². The largest absolute Gasteiger partial charge is 0.390 e. The molecule has 1 aliphatic rings. The Balaban J connectivity index is 2.16. The van der Waals surface area contributed by atoms with E-state index in [1.54, 1.807) is 22.7 Å². The summed E-state index contributed by atoms with van der Waals surface area (Å²) in [6.45, 7) is 3.51. The van der Waals surface area contributed by atoms with Crippen molar-refractivity contribution in [3.05, 3.63) is 21.5 Å². The Hall–Kier alpha value is -0.910. The number of aromatic nitrogens is 1. The first-order valence-electron chi connectivity index (χ1n) is 5.16. The molecule has 0 fully saturated rings. The maximum Gasteiger partial charge on any atom is 0.126 e. The van der Waals surface area contributed by atoms with Crippen molar-refractivity contribution in [2.75, 3.05) is 12.3 Å². The molecule has 0 radical (unpaired) electrons. The van der Waals surface area contributed by atoms with Crippen LogP contribution in [0, 0.1) is 6.92 Å². The smallest absolute Gasteiger partial charge is 0.126 e. The van der Waals surface area contributed by atoms with Crippen LogP contribution in [0.2, 0.25) is 0 Å². The fraction of sp³-hybridized carbons (Fsp3) is 0.364. The van der Waals surface area contributed by atoms with E-state index >= 15 is 0 Å². The molecule has 0 aliphatic carbocycles.